The van der Waals surface area contributed by atoms with Crippen molar-refractivity contribution >= 4 is 46.8 Å². The second-order valence-corrected chi connectivity index (χ2v) is 6.64. The molecular formula is C14H16Cl2N2O2S. The Bertz CT molecular complexity index is 536. The minimum Gasteiger partial charge on any atom is -0.354 e. The van der Waals surface area contributed by atoms with Crippen LogP contribution in [0.3, 0.4) is 0 Å². The van der Waals surface area contributed by atoms with Gasteiger partial charge >= 0.3 is 0 Å². The number of hydrogen-bond donors (Lipinski definition) is 2. The number of amides is 2. The van der Waals surface area contributed by atoms with Crippen LogP contribution in [-0.4, -0.2) is 30.7 Å². The Balaban J connectivity index is 1.62. The van der Waals surface area contributed by atoms with Gasteiger partial charge in [-0.2, -0.15) is 0 Å². The van der Waals surface area contributed by atoms with Crippen molar-refractivity contribution in [2.24, 2.45) is 5.92 Å². The van der Waals surface area contributed by atoms with Gasteiger partial charge in [-0.15, -0.1) is 11.8 Å². The zero-order chi connectivity index (χ0) is 15.2. The Morgan fingerprint density at radius 1 is 1.19 bits per heavy atom. The summed E-state index contributed by atoms with van der Waals surface area (Å²) in [6, 6.07) is 5.14. The van der Waals surface area contributed by atoms with Crippen LogP contribution in [0.4, 0.5) is 0 Å². The van der Waals surface area contributed by atoms with Gasteiger partial charge in [-0.25, -0.2) is 0 Å². The van der Waals surface area contributed by atoms with Crippen LogP contribution < -0.4 is 10.6 Å². The van der Waals surface area contributed by atoms with Crippen molar-refractivity contribution in [3.63, 3.8) is 0 Å². The van der Waals surface area contributed by atoms with Crippen LogP contribution in [0, 0.1) is 5.92 Å². The molecule has 1 aromatic rings. The van der Waals surface area contributed by atoms with Crippen molar-refractivity contribution in [1.82, 2.24) is 10.6 Å². The average Bonchev–Trinajstić information content (AvgIpc) is 3.29. The molecule has 0 atom stereocenters. The highest BCUT2D eigenvalue weighted by atomic mass is 35.5. The summed E-state index contributed by atoms with van der Waals surface area (Å²) in [6.45, 7) is 0.894. The highest BCUT2D eigenvalue weighted by Crippen LogP contribution is 2.29. The van der Waals surface area contributed by atoms with Crippen molar-refractivity contribution in [2.75, 3.05) is 18.8 Å². The highest BCUT2D eigenvalue weighted by molar-refractivity contribution is 8.00. The predicted molar refractivity (Wildman–Crippen MR) is 85.9 cm³/mol. The van der Waals surface area contributed by atoms with Gasteiger partial charge in [-0.1, -0.05) is 23.2 Å². The van der Waals surface area contributed by atoms with Gasteiger partial charge in [0, 0.05) is 28.9 Å². The van der Waals surface area contributed by atoms with E-state index in [0.29, 0.717) is 23.1 Å². The van der Waals surface area contributed by atoms with E-state index in [2.05, 4.69) is 10.6 Å². The molecule has 0 heterocycles. The van der Waals surface area contributed by atoms with E-state index in [-0.39, 0.29) is 23.5 Å². The molecule has 2 rings (SSSR count). The van der Waals surface area contributed by atoms with Gasteiger partial charge in [-0.05, 0) is 31.0 Å². The Hall–Kier alpha value is -0.910. The summed E-state index contributed by atoms with van der Waals surface area (Å²) in [5.41, 5.74) is 0. The van der Waals surface area contributed by atoms with Crippen molar-refractivity contribution in [3.05, 3.63) is 28.2 Å². The molecule has 2 N–H and O–H groups in total. The molecule has 7 heteroatoms. The predicted octanol–water partition coefficient (Wildman–Crippen LogP) is 2.73. The number of nitrogens with one attached hydrogen (secondary N) is 2. The second-order valence-electron chi connectivity index (χ2n) is 4.78. The van der Waals surface area contributed by atoms with Gasteiger partial charge in [0.25, 0.3) is 0 Å². The van der Waals surface area contributed by atoms with Gasteiger partial charge in [0.05, 0.1) is 10.8 Å². The minimum atomic E-state index is -0.100. The Labute approximate surface area is 137 Å². The molecule has 0 aromatic heterocycles. The molecule has 1 saturated carbocycles. The number of benzene rings is 1. The summed E-state index contributed by atoms with van der Waals surface area (Å²) >= 11 is 13.2. The summed E-state index contributed by atoms with van der Waals surface area (Å²) in [4.78, 5) is 23.8. The molecule has 0 aliphatic heterocycles. The molecule has 0 saturated heterocycles. The smallest absolute Gasteiger partial charge is 0.230 e. The summed E-state index contributed by atoms with van der Waals surface area (Å²) in [7, 11) is 0. The van der Waals surface area contributed by atoms with Crippen LogP contribution in [0.15, 0.2) is 23.1 Å². The average molecular weight is 347 g/mol. The fourth-order valence-corrected chi connectivity index (χ4v) is 2.98. The molecule has 1 fully saturated rings. The third kappa shape index (κ3) is 5.77. The van der Waals surface area contributed by atoms with E-state index in [0.717, 1.165) is 17.7 Å². The van der Waals surface area contributed by atoms with Gasteiger partial charge < -0.3 is 10.6 Å². The number of hydrogen-bond acceptors (Lipinski definition) is 3. The summed E-state index contributed by atoms with van der Waals surface area (Å²) < 4.78 is 0. The van der Waals surface area contributed by atoms with Gasteiger partial charge in [-0.3, -0.25) is 9.59 Å². The molecule has 0 bridgehead atoms. The number of carbonyl (C=O) groups is 2. The van der Waals surface area contributed by atoms with Crippen LogP contribution >= 0.6 is 35.0 Å². The lowest BCUT2D eigenvalue weighted by atomic mass is 10.4. The molecule has 0 radical (unpaired) electrons. The molecule has 2 amide bonds. The van der Waals surface area contributed by atoms with Gasteiger partial charge in [0.1, 0.15) is 0 Å². The monoisotopic (exact) mass is 346 g/mol. The summed E-state index contributed by atoms with van der Waals surface area (Å²) in [5.74, 6) is 0.443. The quantitative estimate of drug-likeness (QED) is 0.589. The zero-order valence-electron chi connectivity index (χ0n) is 11.3. The maximum atomic E-state index is 11.7. The molecule has 114 valence electrons. The molecule has 0 unspecified atom stereocenters. The highest BCUT2D eigenvalue weighted by Gasteiger charge is 2.28. The lowest BCUT2D eigenvalue weighted by Gasteiger charge is -2.07. The maximum Gasteiger partial charge on any atom is 0.230 e. The molecule has 1 aromatic carbocycles. The van der Waals surface area contributed by atoms with Gasteiger partial charge in [0.15, 0.2) is 0 Å². The van der Waals surface area contributed by atoms with E-state index in [1.165, 1.54) is 11.8 Å². The van der Waals surface area contributed by atoms with E-state index in [9.17, 15) is 9.59 Å². The van der Waals surface area contributed by atoms with E-state index in [4.69, 9.17) is 23.2 Å². The third-order valence-corrected chi connectivity index (χ3v) is 4.68. The molecule has 4 nitrogen and oxygen atoms in total. The lowest BCUT2D eigenvalue weighted by molar-refractivity contribution is -0.123. The Kier molecular flexibility index (Phi) is 6.21. The van der Waals surface area contributed by atoms with Gasteiger partial charge in [0.2, 0.25) is 11.8 Å². The normalized spacial score (nSPS) is 13.8. The first-order valence-electron chi connectivity index (χ1n) is 6.68. The molecule has 1 aliphatic carbocycles. The van der Waals surface area contributed by atoms with Crippen LogP contribution in [0.25, 0.3) is 0 Å². The third-order valence-electron chi connectivity index (χ3n) is 2.95. The van der Waals surface area contributed by atoms with Crippen molar-refractivity contribution < 1.29 is 9.59 Å². The topological polar surface area (TPSA) is 58.2 Å². The lowest BCUT2D eigenvalue weighted by Crippen LogP contribution is -2.35. The SMILES string of the molecule is O=C(CSc1cc(Cl)ccc1Cl)NCCNC(=O)C1CC1. The Morgan fingerprint density at radius 3 is 2.62 bits per heavy atom. The number of carbonyl (C=O) groups excluding carboxylic acids is 2. The first-order valence-corrected chi connectivity index (χ1v) is 8.42. The summed E-state index contributed by atoms with van der Waals surface area (Å²) in [5, 5.41) is 6.71. The van der Waals surface area contributed by atoms with Crippen molar-refractivity contribution in [2.45, 2.75) is 17.7 Å². The van der Waals surface area contributed by atoms with Crippen LogP contribution in [0.1, 0.15) is 12.8 Å². The molecule has 1 aliphatic rings. The number of rotatable bonds is 7. The van der Waals surface area contributed by atoms with Crippen LogP contribution in [-0.2, 0) is 9.59 Å². The Morgan fingerprint density at radius 2 is 1.90 bits per heavy atom. The van der Waals surface area contributed by atoms with E-state index in [1.807, 2.05) is 0 Å². The summed E-state index contributed by atoms with van der Waals surface area (Å²) in [6.07, 6.45) is 1.96. The van der Waals surface area contributed by atoms with Crippen LogP contribution in [0.5, 0.6) is 0 Å². The van der Waals surface area contributed by atoms with Crippen molar-refractivity contribution in [3.8, 4) is 0 Å². The van der Waals surface area contributed by atoms with E-state index < -0.39 is 0 Å². The fourth-order valence-electron chi connectivity index (χ4n) is 1.66. The van der Waals surface area contributed by atoms with E-state index >= 15 is 0 Å². The standard InChI is InChI=1S/C14H16Cl2N2O2S/c15-10-3-4-11(16)12(7-10)21-8-13(19)17-5-6-18-14(20)9-1-2-9/h3-4,7,9H,1-2,5-6,8H2,(H,17,19)(H,18,20). The second kappa shape index (κ2) is 7.92. The maximum absolute atomic E-state index is 11.7. The minimum absolute atomic E-state index is 0.0873. The number of halogens is 2. The zero-order valence-corrected chi connectivity index (χ0v) is 13.7. The largest absolute Gasteiger partial charge is 0.354 e. The fraction of sp³-hybridized carbons (Fsp3) is 0.429. The molecule has 21 heavy (non-hydrogen) atoms. The first kappa shape index (κ1) is 16.5. The first-order chi connectivity index (χ1) is 10.1. The molecular weight excluding hydrogens is 331 g/mol. The van der Waals surface area contributed by atoms with Crippen LogP contribution in [0.2, 0.25) is 10.0 Å². The van der Waals surface area contributed by atoms with Crippen molar-refractivity contribution in [1.29, 1.82) is 0 Å². The number of thioether (sulfide) groups is 1. The molecule has 0 spiro atoms. The van der Waals surface area contributed by atoms with E-state index in [1.54, 1.807) is 18.2 Å².